The number of rotatable bonds is 75. The van der Waals surface area contributed by atoms with Gasteiger partial charge >= 0.3 is 11.9 Å². The maximum Gasteiger partial charge on any atom is 0.306 e. The quantitative estimate of drug-likeness (QED) is 0.0373. The summed E-state index contributed by atoms with van der Waals surface area (Å²) in [5.41, 5.74) is 0. The van der Waals surface area contributed by atoms with Crippen LogP contribution in [0.3, 0.4) is 0 Å². The van der Waals surface area contributed by atoms with E-state index in [1.54, 1.807) is 0 Å². The maximum atomic E-state index is 12.4. The van der Waals surface area contributed by atoms with Crippen molar-refractivity contribution in [1.82, 2.24) is 0 Å². The van der Waals surface area contributed by atoms with Gasteiger partial charge in [-0.2, -0.15) is 0 Å². The summed E-state index contributed by atoms with van der Waals surface area (Å²) in [6.07, 6.45) is 119. The average molecular weight is 1280 g/mol. The van der Waals surface area contributed by atoms with Crippen LogP contribution in [-0.4, -0.2) is 36.4 Å². The van der Waals surface area contributed by atoms with Gasteiger partial charge in [-0.1, -0.05) is 406 Å². The number of allylic oxidation sites excluding steroid dienone is 18. The van der Waals surface area contributed by atoms with Crippen LogP contribution in [0, 0.1) is 0 Å². The number of aliphatic hydroxyl groups is 1. The first-order valence-electron chi connectivity index (χ1n) is 40.4. The molecule has 0 saturated heterocycles. The summed E-state index contributed by atoms with van der Waals surface area (Å²) in [6, 6.07) is 0. The van der Waals surface area contributed by atoms with Crippen molar-refractivity contribution in [3.8, 4) is 0 Å². The van der Waals surface area contributed by atoms with Crippen molar-refractivity contribution in [1.29, 1.82) is 0 Å². The Hall–Kier alpha value is -3.44. The molecule has 0 radical (unpaired) electrons. The van der Waals surface area contributed by atoms with Gasteiger partial charge in [-0.15, -0.1) is 0 Å². The van der Waals surface area contributed by atoms with Gasteiger partial charge in [-0.3, -0.25) is 9.59 Å². The van der Waals surface area contributed by atoms with E-state index in [4.69, 9.17) is 9.47 Å². The molecule has 0 amide bonds. The maximum absolute atomic E-state index is 12.4. The molecule has 0 heterocycles. The van der Waals surface area contributed by atoms with E-state index in [0.29, 0.717) is 12.8 Å². The molecule has 0 aromatic rings. The SMILES string of the molecule is CC/C=C\C/C=C\C/C=C\C/C=C\C/C=C\C/C=C\C/C=C\C/C=C\CCCCCCCCCCCCCCC(=O)OC(CO)COC(=O)CCCCCCCCCCCCCCCCCCCCCCCCCCCCCCC/C=C\CCCCCCCCCC. The number of carbonyl (C=O) groups excluding carboxylic acids is 2. The van der Waals surface area contributed by atoms with Gasteiger partial charge in [0.1, 0.15) is 6.61 Å². The van der Waals surface area contributed by atoms with E-state index in [1.165, 1.54) is 295 Å². The van der Waals surface area contributed by atoms with Crippen molar-refractivity contribution in [3.63, 3.8) is 0 Å². The molecule has 0 bridgehead atoms. The number of unbranched alkanes of at least 4 members (excludes halogenated alkanes) is 49. The van der Waals surface area contributed by atoms with Crippen molar-refractivity contribution < 1.29 is 24.2 Å². The lowest BCUT2D eigenvalue weighted by Gasteiger charge is -2.15. The highest BCUT2D eigenvalue weighted by atomic mass is 16.6. The van der Waals surface area contributed by atoms with Crippen LogP contribution < -0.4 is 0 Å². The molecule has 0 spiro atoms. The third kappa shape index (κ3) is 79.0. The van der Waals surface area contributed by atoms with Gasteiger partial charge in [0.05, 0.1) is 6.61 Å². The van der Waals surface area contributed by atoms with Crippen LogP contribution >= 0.6 is 0 Å². The monoisotopic (exact) mass is 1280 g/mol. The van der Waals surface area contributed by atoms with E-state index in [0.717, 1.165) is 89.9 Å². The minimum Gasteiger partial charge on any atom is -0.462 e. The molecule has 5 heteroatoms. The average Bonchev–Trinajstić information content (AvgIpc) is 3.70. The molecule has 1 N–H and O–H groups in total. The van der Waals surface area contributed by atoms with Crippen molar-refractivity contribution in [3.05, 3.63) is 109 Å². The third-order valence-electron chi connectivity index (χ3n) is 18.1. The molecule has 0 saturated carbocycles. The molecule has 0 aromatic heterocycles. The zero-order valence-electron chi connectivity index (χ0n) is 61.3. The van der Waals surface area contributed by atoms with Crippen molar-refractivity contribution >= 4 is 11.9 Å². The summed E-state index contributed by atoms with van der Waals surface area (Å²) in [5.74, 6) is -0.578. The van der Waals surface area contributed by atoms with Crippen molar-refractivity contribution in [2.45, 2.75) is 418 Å². The molecule has 0 aliphatic carbocycles. The summed E-state index contributed by atoms with van der Waals surface area (Å²) >= 11 is 0. The molecular weight excluding hydrogens is 1120 g/mol. The predicted molar refractivity (Wildman–Crippen MR) is 408 cm³/mol. The second-order valence-electron chi connectivity index (χ2n) is 27.1. The first-order valence-corrected chi connectivity index (χ1v) is 40.4. The summed E-state index contributed by atoms with van der Waals surface area (Å²) in [5, 5.41) is 9.73. The molecule has 0 rings (SSSR count). The second kappa shape index (κ2) is 81.8. The van der Waals surface area contributed by atoms with Crippen LogP contribution in [0.25, 0.3) is 0 Å². The molecule has 5 nitrogen and oxygen atoms in total. The Labute approximate surface area is 573 Å². The van der Waals surface area contributed by atoms with Crippen LogP contribution in [0.2, 0.25) is 0 Å². The topological polar surface area (TPSA) is 72.8 Å². The zero-order chi connectivity index (χ0) is 66.1. The van der Waals surface area contributed by atoms with Crippen LogP contribution in [0.15, 0.2) is 109 Å². The lowest BCUT2D eigenvalue weighted by atomic mass is 10.0. The van der Waals surface area contributed by atoms with Gasteiger partial charge in [0.2, 0.25) is 0 Å². The first kappa shape index (κ1) is 88.6. The molecule has 0 aliphatic rings. The number of ether oxygens (including phenoxy) is 2. The van der Waals surface area contributed by atoms with Gasteiger partial charge in [0.15, 0.2) is 6.10 Å². The number of hydrogen-bond donors (Lipinski definition) is 1. The molecule has 532 valence electrons. The summed E-state index contributed by atoms with van der Waals surface area (Å²) in [7, 11) is 0. The van der Waals surface area contributed by atoms with Gasteiger partial charge in [-0.25, -0.2) is 0 Å². The fraction of sp³-hybridized carbons (Fsp3) is 0.770. The minimum absolute atomic E-state index is 0.0663. The van der Waals surface area contributed by atoms with Crippen LogP contribution in [0.4, 0.5) is 0 Å². The van der Waals surface area contributed by atoms with Gasteiger partial charge < -0.3 is 14.6 Å². The summed E-state index contributed by atoms with van der Waals surface area (Å²) in [6.45, 7) is 4.07. The standard InChI is InChI=1S/C87H154O5/c1-3-5-7-9-11-13-15-17-19-21-23-25-27-29-31-33-35-37-39-41-42-43-44-46-47-49-51-53-55-57-59-61-63-65-67-69-71-73-75-77-79-81-86(89)91-84-85(83-88)92-87(90)82-80-78-76-74-72-70-68-66-64-62-60-58-56-54-52-50-48-45-40-38-36-34-32-30-28-26-24-22-20-18-16-14-12-10-8-6-4-2/h6,8,12,14,18,20-21,23-24,26,30,32,36,38,45,48,52,54,85,88H,3-5,7,9-11,13,15-17,19,22,25,27-29,31,33-35,37,39-44,46-47,49-51,53,55-84H2,1-2H3/b8-6-,14-12-,20-18-,23-21-,26-24-,32-30-,38-36-,48-45-,54-52-. The molecule has 92 heavy (non-hydrogen) atoms. The minimum atomic E-state index is -0.779. The molecule has 1 unspecified atom stereocenters. The lowest BCUT2D eigenvalue weighted by Crippen LogP contribution is -2.28. The highest BCUT2D eigenvalue weighted by Gasteiger charge is 2.16. The van der Waals surface area contributed by atoms with Gasteiger partial charge in [0.25, 0.3) is 0 Å². The normalized spacial score (nSPS) is 12.8. The van der Waals surface area contributed by atoms with Gasteiger partial charge in [-0.05, 0) is 103 Å². The van der Waals surface area contributed by atoms with Crippen LogP contribution in [-0.2, 0) is 19.1 Å². The van der Waals surface area contributed by atoms with Crippen molar-refractivity contribution in [2.24, 2.45) is 0 Å². The highest BCUT2D eigenvalue weighted by molar-refractivity contribution is 5.70. The molecule has 0 aliphatic heterocycles. The number of aliphatic hydroxyl groups excluding tert-OH is 1. The van der Waals surface area contributed by atoms with Gasteiger partial charge in [0, 0.05) is 12.8 Å². The zero-order valence-corrected chi connectivity index (χ0v) is 61.3. The predicted octanol–water partition coefficient (Wildman–Crippen LogP) is 28.7. The Bertz CT molecular complexity index is 1740. The first-order chi connectivity index (χ1) is 45.6. The Kier molecular flexibility index (Phi) is 78.7. The fourth-order valence-electron chi connectivity index (χ4n) is 12.0. The van der Waals surface area contributed by atoms with E-state index in [1.807, 2.05) is 0 Å². The molecule has 1 atom stereocenters. The van der Waals surface area contributed by atoms with E-state index in [9.17, 15) is 14.7 Å². The Morgan fingerprint density at radius 1 is 0.261 bits per heavy atom. The Morgan fingerprint density at radius 3 is 0.717 bits per heavy atom. The largest absolute Gasteiger partial charge is 0.462 e. The smallest absolute Gasteiger partial charge is 0.306 e. The van der Waals surface area contributed by atoms with E-state index in [-0.39, 0.29) is 25.2 Å². The lowest BCUT2D eigenvalue weighted by molar-refractivity contribution is -0.161. The third-order valence-corrected chi connectivity index (χ3v) is 18.1. The molecule has 0 aromatic carbocycles. The van der Waals surface area contributed by atoms with E-state index < -0.39 is 6.10 Å². The van der Waals surface area contributed by atoms with Crippen LogP contribution in [0.5, 0.6) is 0 Å². The fourth-order valence-corrected chi connectivity index (χ4v) is 12.0. The Morgan fingerprint density at radius 2 is 0.467 bits per heavy atom. The number of esters is 2. The van der Waals surface area contributed by atoms with Crippen LogP contribution in [0.1, 0.15) is 412 Å². The molecule has 0 fully saturated rings. The number of hydrogen-bond acceptors (Lipinski definition) is 5. The highest BCUT2D eigenvalue weighted by Crippen LogP contribution is 2.19. The van der Waals surface area contributed by atoms with E-state index >= 15 is 0 Å². The Balaban J connectivity index is 3.43. The van der Waals surface area contributed by atoms with Crippen molar-refractivity contribution in [2.75, 3.05) is 13.2 Å². The number of carbonyl (C=O) groups is 2. The summed E-state index contributed by atoms with van der Waals surface area (Å²) in [4.78, 5) is 24.7. The summed E-state index contributed by atoms with van der Waals surface area (Å²) < 4.78 is 10.8. The molecular formula is C87H154O5. The second-order valence-corrected chi connectivity index (χ2v) is 27.1. The van der Waals surface area contributed by atoms with E-state index in [2.05, 4.69) is 123 Å².